The summed E-state index contributed by atoms with van der Waals surface area (Å²) in [6.07, 6.45) is 43.6. The van der Waals surface area contributed by atoms with Crippen molar-refractivity contribution in [3.63, 3.8) is 0 Å². The van der Waals surface area contributed by atoms with E-state index in [1.807, 2.05) is 0 Å². The Hall–Kier alpha value is -1.58. The van der Waals surface area contributed by atoms with Gasteiger partial charge in [0.15, 0.2) is 0 Å². The van der Waals surface area contributed by atoms with E-state index in [1.54, 1.807) is 0 Å². The molecule has 0 aliphatic rings. The highest BCUT2D eigenvalue weighted by atomic mass is 31.2. The van der Waals surface area contributed by atoms with Gasteiger partial charge in [-0.2, -0.15) is 0 Å². The third-order valence-corrected chi connectivity index (χ3v) is 9.73. The van der Waals surface area contributed by atoms with Crippen LogP contribution in [0.2, 0.25) is 0 Å². The molecule has 10 heteroatoms. The van der Waals surface area contributed by atoms with Crippen molar-refractivity contribution >= 4 is 13.8 Å². The molecule has 0 aromatic rings. The van der Waals surface area contributed by atoms with Gasteiger partial charge in [0.05, 0.1) is 26.4 Å². The van der Waals surface area contributed by atoms with E-state index >= 15 is 0 Å². The summed E-state index contributed by atoms with van der Waals surface area (Å²) >= 11 is 0. The van der Waals surface area contributed by atoms with Gasteiger partial charge in [0.1, 0.15) is 12.2 Å². The molecule has 53 heavy (non-hydrogen) atoms. The highest BCUT2D eigenvalue weighted by Crippen LogP contribution is 2.43. The fourth-order valence-electron chi connectivity index (χ4n) is 5.58. The summed E-state index contributed by atoms with van der Waals surface area (Å²) in [6.45, 7) is 3.37. The van der Waals surface area contributed by atoms with Crippen LogP contribution in [0.4, 0.5) is 0 Å². The van der Waals surface area contributed by atoms with Crippen LogP contribution in [0, 0.1) is 0 Å². The zero-order valence-corrected chi connectivity index (χ0v) is 34.6. The molecular weight excluding hydrogens is 691 g/mol. The predicted molar refractivity (Wildman–Crippen MR) is 219 cm³/mol. The van der Waals surface area contributed by atoms with Crippen LogP contribution in [-0.4, -0.2) is 66.3 Å². The van der Waals surface area contributed by atoms with Crippen molar-refractivity contribution in [2.24, 2.45) is 0 Å². The minimum absolute atomic E-state index is 0.0456. The number of aliphatic hydroxyl groups is 2. The summed E-state index contributed by atoms with van der Waals surface area (Å²) in [6, 6.07) is 0. The molecule has 0 bridgehead atoms. The number of ether oxygens (including phenoxy) is 2. The van der Waals surface area contributed by atoms with Crippen LogP contribution in [0.1, 0.15) is 174 Å². The van der Waals surface area contributed by atoms with Gasteiger partial charge < -0.3 is 24.6 Å². The zero-order chi connectivity index (χ0) is 38.9. The summed E-state index contributed by atoms with van der Waals surface area (Å²) in [7, 11) is -4.51. The lowest BCUT2D eigenvalue weighted by molar-refractivity contribution is -0.154. The first-order valence-corrected chi connectivity index (χ1v) is 22.6. The van der Waals surface area contributed by atoms with Crippen LogP contribution < -0.4 is 0 Å². The predicted octanol–water partition coefficient (Wildman–Crippen LogP) is 11.4. The lowest BCUT2D eigenvalue weighted by Crippen LogP contribution is -2.29. The fourth-order valence-corrected chi connectivity index (χ4v) is 6.37. The van der Waals surface area contributed by atoms with Crippen LogP contribution in [0.15, 0.2) is 48.6 Å². The van der Waals surface area contributed by atoms with Gasteiger partial charge in [-0.25, -0.2) is 4.57 Å². The first kappa shape index (κ1) is 51.4. The maximum atomic E-state index is 12.5. The van der Waals surface area contributed by atoms with E-state index in [1.165, 1.54) is 83.5 Å². The molecule has 0 saturated heterocycles. The molecule has 0 aliphatic heterocycles. The number of carbonyl (C=O) groups is 1. The van der Waals surface area contributed by atoms with Crippen molar-refractivity contribution in [3.8, 4) is 0 Å². The highest BCUT2D eigenvalue weighted by molar-refractivity contribution is 7.47. The van der Waals surface area contributed by atoms with Crippen LogP contribution in [0.3, 0.4) is 0 Å². The van der Waals surface area contributed by atoms with Crippen LogP contribution in [0.25, 0.3) is 0 Å². The molecule has 0 heterocycles. The van der Waals surface area contributed by atoms with E-state index in [-0.39, 0.29) is 25.6 Å². The first-order chi connectivity index (χ1) is 25.8. The normalized spacial score (nSPS) is 14.6. The lowest BCUT2D eigenvalue weighted by Gasteiger charge is -2.20. The number of phosphoric ester groups is 1. The molecule has 3 unspecified atom stereocenters. The summed E-state index contributed by atoms with van der Waals surface area (Å²) in [5, 5.41) is 18.3. The molecule has 0 fully saturated rings. The summed E-state index contributed by atoms with van der Waals surface area (Å²) in [4.78, 5) is 22.5. The molecule has 0 saturated carbocycles. The quantitative estimate of drug-likeness (QED) is 0.0241. The van der Waals surface area contributed by atoms with Crippen molar-refractivity contribution in [2.45, 2.75) is 187 Å². The van der Waals surface area contributed by atoms with Crippen molar-refractivity contribution in [3.05, 3.63) is 48.6 Å². The molecule has 0 aliphatic carbocycles. The average Bonchev–Trinajstić information content (AvgIpc) is 3.15. The second kappa shape index (κ2) is 40.1. The molecule has 0 aromatic heterocycles. The van der Waals surface area contributed by atoms with Crippen LogP contribution in [-0.2, 0) is 27.9 Å². The van der Waals surface area contributed by atoms with E-state index in [0.717, 1.165) is 70.6 Å². The van der Waals surface area contributed by atoms with E-state index in [2.05, 4.69) is 62.5 Å². The second-order valence-electron chi connectivity index (χ2n) is 14.0. The fraction of sp³-hybridized carbons (Fsp3) is 0.791. The maximum absolute atomic E-state index is 12.5. The Morgan fingerprint density at radius 1 is 0.604 bits per heavy atom. The number of unbranched alkanes of at least 4 members (excludes halogenated alkanes) is 18. The number of allylic oxidation sites excluding steroid dienone is 8. The summed E-state index contributed by atoms with van der Waals surface area (Å²) < 4.78 is 33.3. The van der Waals surface area contributed by atoms with E-state index in [9.17, 15) is 19.4 Å². The minimum Gasteiger partial charge on any atom is -0.457 e. The Morgan fingerprint density at radius 3 is 1.62 bits per heavy atom. The third kappa shape index (κ3) is 39.9. The van der Waals surface area contributed by atoms with Gasteiger partial charge in [-0.3, -0.25) is 13.8 Å². The third-order valence-electron chi connectivity index (χ3n) is 8.78. The number of aliphatic hydroxyl groups excluding tert-OH is 2. The van der Waals surface area contributed by atoms with E-state index in [4.69, 9.17) is 23.6 Å². The molecule has 0 spiro atoms. The van der Waals surface area contributed by atoms with Gasteiger partial charge in [0, 0.05) is 13.0 Å². The molecule has 0 rings (SSSR count). The van der Waals surface area contributed by atoms with Crippen molar-refractivity contribution in [1.82, 2.24) is 0 Å². The Morgan fingerprint density at radius 2 is 1.08 bits per heavy atom. The van der Waals surface area contributed by atoms with E-state index < -0.39 is 33.2 Å². The van der Waals surface area contributed by atoms with Crippen molar-refractivity contribution in [1.29, 1.82) is 0 Å². The largest absolute Gasteiger partial charge is 0.472 e. The maximum Gasteiger partial charge on any atom is 0.472 e. The number of rotatable bonds is 40. The number of esters is 1. The second-order valence-corrected chi connectivity index (χ2v) is 15.4. The topological polar surface area (TPSA) is 132 Å². The molecule has 310 valence electrons. The molecular formula is C43H79O9P. The number of phosphoric acid groups is 1. The van der Waals surface area contributed by atoms with Gasteiger partial charge in [0.25, 0.3) is 0 Å². The van der Waals surface area contributed by atoms with Crippen LogP contribution in [0.5, 0.6) is 0 Å². The zero-order valence-electron chi connectivity index (χ0n) is 33.7. The van der Waals surface area contributed by atoms with Gasteiger partial charge in [-0.05, 0) is 51.4 Å². The summed E-state index contributed by atoms with van der Waals surface area (Å²) in [5.74, 6) is -0.388. The first-order valence-electron chi connectivity index (χ1n) is 21.1. The molecule has 0 aromatic carbocycles. The van der Waals surface area contributed by atoms with Gasteiger partial charge >= 0.3 is 13.8 Å². The smallest absolute Gasteiger partial charge is 0.457 e. The monoisotopic (exact) mass is 771 g/mol. The Bertz CT molecular complexity index is 965. The molecule has 0 amide bonds. The van der Waals surface area contributed by atoms with E-state index in [0.29, 0.717) is 6.61 Å². The van der Waals surface area contributed by atoms with Gasteiger partial charge in [-0.1, -0.05) is 165 Å². The number of carbonyl (C=O) groups excluding carboxylic acids is 1. The van der Waals surface area contributed by atoms with Crippen molar-refractivity contribution in [2.75, 3.05) is 33.0 Å². The highest BCUT2D eigenvalue weighted by Gasteiger charge is 2.26. The Balaban J connectivity index is 4.10. The number of hydrogen-bond donors (Lipinski definition) is 3. The molecule has 3 N–H and O–H groups in total. The average molecular weight is 771 g/mol. The van der Waals surface area contributed by atoms with Crippen molar-refractivity contribution < 1.29 is 43.0 Å². The minimum atomic E-state index is -4.51. The molecule has 0 radical (unpaired) electrons. The lowest BCUT2D eigenvalue weighted by atomic mass is 10.1. The Labute approximate surface area is 324 Å². The van der Waals surface area contributed by atoms with Crippen LogP contribution >= 0.6 is 7.82 Å². The standard InChI is InChI=1S/C43H79O9P/c1-3-5-7-9-11-13-15-16-17-18-19-20-21-22-23-24-25-26-28-30-32-34-36-49-39-42(40-51-53(47,48)50-38-41(45)37-44)52-43(46)35-33-31-29-27-14-12-10-8-6-4-2/h5,7,11,13,16-17,19-20,41-42,44-45H,3-4,6,8-10,12,14-15,18,21-40H2,1-2H3,(H,47,48)/b7-5-,13-11-,17-16-,20-19-. The number of hydrogen-bond acceptors (Lipinski definition) is 8. The summed E-state index contributed by atoms with van der Waals surface area (Å²) in [5.41, 5.74) is 0. The van der Waals surface area contributed by atoms with Gasteiger partial charge in [-0.15, -0.1) is 0 Å². The SMILES string of the molecule is CC/C=C\C/C=C\C/C=C\C/C=C\CCCCCCCCCCCOCC(COP(=O)(O)OCC(O)CO)OC(=O)CCCCCCCCCCCC. The molecule has 3 atom stereocenters. The Kier molecular flexibility index (Phi) is 38.9. The molecule has 9 nitrogen and oxygen atoms in total. The van der Waals surface area contributed by atoms with Gasteiger partial charge in [0.2, 0.25) is 0 Å².